The maximum atomic E-state index is 12.1. The normalized spacial score (nSPS) is 11.2. The summed E-state index contributed by atoms with van der Waals surface area (Å²) >= 11 is 6.00. The minimum Gasteiger partial charge on any atom is -0.366 e. The summed E-state index contributed by atoms with van der Waals surface area (Å²) in [6, 6.07) is 7.61. The molecule has 0 bridgehead atoms. The predicted molar refractivity (Wildman–Crippen MR) is 97.0 cm³/mol. The van der Waals surface area contributed by atoms with Crippen LogP contribution >= 0.6 is 11.6 Å². The molecule has 0 aliphatic carbocycles. The van der Waals surface area contributed by atoms with E-state index < -0.39 is 0 Å². The smallest absolute Gasteiger partial charge is 0.251 e. The van der Waals surface area contributed by atoms with E-state index in [1.165, 1.54) is 5.69 Å². The molecule has 1 aromatic heterocycles. The second kappa shape index (κ2) is 7.22. The van der Waals surface area contributed by atoms with E-state index in [2.05, 4.69) is 25.3 Å². The Balaban J connectivity index is 2.65. The summed E-state index contributed by atoms with van der Waals surface area (Å²) in [5.74, 6) is 0.239. The van der Waals surface area contributed by atoms with Crippen molar-refractivity contribution in [2.75, 3.05) is 0 Å². The predicted octanol–water partition coefficient (Wildman–Crippen LogP) is 4.82. The topological polar surface area (TPSA) is 48.0 Å². The number of hydrogen-bond acceptors (Lipinski definition) is 1. The molecule has 1 amide bonds. The molecule has 4 heteroatoms. The molecule has 124 valence electrons. The molecular formula is C19H25ClN2O. The summed E-state index contributed by atoms with van der Waals surface area (Å²) in [6.45, 7) is 9.42. The monoisotopic (exact) mass is 332 g/mol. The summed E-state index contributed by atoms with van der Waals surface area (Å²) in [5, 5.41) is 0.684. The maximum Gasteiger partial charge on any atom is 0.251 e. The first-order valence-electron chi connectivity index (χ1n) is 8.14. The lowest BCUT2D eigenvalue weighted by Gasteiger charge is -2.13. The molecule has 2 N–H and O–H groups in total. The number of aromatic nitrogens is 1. The van der Waals surface area contributed by atoms with Crippen molar-refractivity contribution in [3.63, 3.8) is 0 Å². The standard InChI is InChI=1S/C19H25ClN2O/c1-5-16-18(14-6-8-15(20)9-7-14)17(19(21)23)13(4)22(16)11-10-12(2)3/h6-9,12H,5,10-11H2,1-4H3,(H2,21,23). The number of nitrogens with zero attached hydrogens (tertiary/aromatic N) is 1. The lowest BCUT2D eigenvalue weighted by Crippen LogP contribution is -2.13. The molecule has 0 radical (unpaired) electrons. The largest absolute Gasteiger partial charge is 0.366 e. The third kappa shape index (κ3) is 3.61. The maximum absolute atomic E-state index is 12.1. The Kier molecular flexibility index (Phi) is 5.53. The van der Waals surface area contributed by atoms with Crippen molar-refractivity contribution in [3.05, 3.63) is 46.2 Å². The number of benzene rings is 1. The van der Waals surface area contributed by atoms with Gasteiger partial charge in [-0.3, -0.25) is 4.79 Å². The molecule has 0 atom stereocenters. The Morgan fingerprint density at radius 3 is 2.35 bits per heavy atom. The van der Waals surface area contributed by atoms with E-state index >= 15 is 0 Å². The summed E-state index contributed by atoms with van der Waals surface area (Å²) < 4.78 is 2.25. The van der Waals surface area contributed by atoms with Crippen molar-refractivity contribution < 1.29 is 4.79 Å². The molecule has 0 aliphatic rings. The molecule has 23 heavy (non-hydrogen) atoms. The Morgan fingerprint density at radius 2 is 1.87 bits per heavy atom. The number of carbonyl (C=O) groups excluding carboxylic acids is 1. The van der Waals surface area contributed by atoms with Gasteiger partial charge in [-0.05, 0) is 43.4 Å². The minimum absolute atomic E-state index is 0.370. The Labute approximate surface area is 143 Å². The van der Waals surface area contributed by atoms with E-state index in [0.29, 0.717) is 16.5 Å². The van der Waals surface area contributed by atoms with Gasteiger partial charge in [-0.1, -0.05) is 44.5 Å². The number of nitrogens with two attached hydrogens (primary N) is 1. The van der Waals surface area contributed by atoms with Crippen LogP contribution in [-0.4, -0.2) is 10.5 Å². The molecule has 1 heterocycles. The first kappa shape index (κ1) is 17.6. The number of amides is 1. The first-order valence-corrected chi connectivity index (χ1v) is 8.52. The zero-order valence-electron chi connectivity index (χ0n) is 14.3. The van der Waals surface area contributed by atoms with Crippen LogP contribution in [0, 0.1) is 12.8 Å². The Bertz CT molecular complexity index is 699. The van der Waals surface area contributed by atoms with Crippen molar-refractivity contribution in [1.29, 1.82) is 0 Å². The van der Waals surface area contributed by atoms with Crippen molar-refractivity contribution >= 4 is 17.5 Å². The molecule has 0 saturated carbocycles. The van der Waals surface area contributed by atoms with Gasteiger partial charge in [0.15, 0.2) is 0 Å². The van der Waals surface area contributed by atoms with E-state index in [9.17, 15) is 4.79 Å². The highest BCUT2D eigenvalue weighted by Crippen LogP contribution is 2.34. The molecule has 0 aliphatic heterocycles. The lowest BCUT2D eigenvalue weighted by molar-refractivity contribution is 0.1000. The molecule has 0 fully saturated rings. The van der Waals surface area contributed by atoms with Gasteiger partial charge >= 0.3 is 0 Å². The highest BCUT2D eigenvalue weighted by atomic mass is 35.5. The zero-order valence-corrected chi connectivity index (χ0v) is 15.1. The third-order valence-electron chi connectivity index (χ3n) is 4.28. The first-order chi connectivity index (χ1) is 10.9. The molecule has 1 aromatic carbocycles. The van der Waals surface area contributed by atoms with Crippen LogP contribution in [0.5, 0.6) is 0 Å². The minimum atomic E-state index is -0.370. The average Bonchev–Trinajstić information content (AvgIpc) is 2.78. The van der Waals surface area contributed by atoms with Crippen LogP contribution < -0.4 is 5.73 Å². The van der Waals surface area contributed by atoms with Crippen LogP contribution in [0.1, 0.15) is 48.9 Å². The van der Waals surface area contributed by atoms with E-state index in [-0.39, 0.29) is 5.91 Å². The molecular weight excluding hydrogens is 308 g/mol. The molecule has 3 nitrogen and oxygen atoms in total. The SMILES string of the molecule is CCc1c(-c2ccc(Cl)cc2)c(C(N)=O)c(C)n1CCC(C)C. The zero-order chi connectivity index (χ0) is 17.1. The van der Waals surface area contributed by atoms with Gasteiger partial charge < -0.3 is 10.3 Å². The summed E-state index contributed by atoms with van der Waals surface area (Å²) in [7, 11) is 0. The number of primary amides is 1. The van der Waals surface area contributed by atoms with E-state index in [4.69, 9.17) is 17.3 Å². The second-order valence-electron chi connectivity index (χ2n) is 6.34. The quantitative estimate of drug-likeness (QED) is 0.809. The average molecular weight is 333 g/mol. The van der Waals surface area contributed by atoms with E-state index in [1.54, 1.807) is 0 Å². The fourth-order valence-electron chi connectivity index (χ4n) is 3.08. The van der Waals surface area contributed by atoms with Crippen LogP contribution in [0.4, 0.5) is 0 Å². The van der Waals surface area contributed by atoms with Gasteiger partial charge in [-0.15, -0.1) is 0 Å². The van der Waals surface area contributed by atoms with Gasteiger partial charge in [-0.2, -0.15) is 0 Å². The number of rotatable bonds is 6. The van der Waals surface area contributed by atoms with Gasteiger partial charge in [0.2, 0.25) is 0 Å². The fourth-order valence-corrected chi connectivity index (χ4v) is 3.21. The van der Waals surface area contributed by atoms with E-state index in [1.807, 2.05) is 31.2 Å². The van der Waals surface area contributed by atoms with Crippen LogP contribution in [0.15, 0.2) is 24.3 Å². The van der Waals surface area contributed by atoms with E-state index in [0.717, 1.165) is 36.2 Å². The number of hydrogen-bond donors (Lipinski definition) is 1. The third-order valence-corrected chi connectivity index (χ3v) is 4.53. The van der Waals surface area contributed by atoms with Gasteiger partial charge in [0.1, 0.15) is 0 Å². The Hall–Kier alpha value is -1.74. The van der Waals surface area contributed by atoms with Crippen molar-refractivity contribution in [2.45, 2.75) is 47.1 Å². The van der Waals surface area contributed by atoms with Crippen LogP contribution in [0.2, 0.25) is 5.02 Å². The molecule has 0 saturated heterocycles. The lowest BCUT2D eigenvalue weighted by atomic mass is 9.99. The summed E-state index contributed by atoms with van der Waals surface area (Å²) in [6.07, 6.45) is 1.92. The Morgan fingerprint density at radius 1 is 1.26 bits per heavy atom. The van der Waals surface area contributed by atoms with Crippen LogP contribution in [0.3, 0.4) is 0 Å². The molecule has 2 aromatic rings. The number of halogens is 1. The van der Waals surface area contributed by atoms with Crippen molar-refractivity contribution in [3.8, 4) is 11.1 Å². The van der Waals surface area contributed by atoms with Gasteiger partial charge in [-0.25, -0.2) is 0 Å². The summed E-state index contributed by atoms with van der Waals surface area (Å²) in [4.78, 5) is 12.1. The van der Waals surface area contributed by atoms with Crippen LogP contribution in [-0.2, 0) is 13.0 Å². The summed E-state index contributed by atoms with van der Waals surface area (Å²) in [5.41, 5.74) is 10.4. The highest BCUT2D eigenvalue weighted by molar-refractivity contribution is 6.30. The molecule has 0 spiro atoms. The fraction of sp³-hybridized carbons (Fsp3) is 0.421. The van der Waals surface area contributed by atoms with Gasteiger partial charge in [0.05, 0.1) is 5.56 Å². The van der Waals surface area contributed by atoms with Crippen molar-refractivity contribution in [2.24, 2.45) is 11.7 Å². The number of carbonyl (C=O) groups is 1. The van der Waals surface area contributed by atoms with Crippen molar-refractivity contribution in [1.82, 2.24) is 4.57 Å². The van der Waals surface area contributed by atoms with Gasteiger partial charge in [0.25, 0.3) is 5.91 Å². The molecule has 0 unspecified atom stereocenters. The van der Waals surface area contributed by atoms with Crippen LogP contribution in [0.25, 0.3) is 11.1 Å². The highest BCUT2D eigenvalue weighted by Gasteiger charge is 2.23. The van der Waals surface area contributed by atoms with Gasteiger partial charge in [0, 0.05) is 28.5 Å². The second-order valence-corrected chi connectivity index (χ2v) is 6.78. The molecule has 2 rings (SSSR count).